The predicted molar refractivity (Wildman–Crippen MR) is 65.8 cm³/mol. The lowest BCUT2D eigenvalue weighted by Crippen LogP contribution is -2.55. The average molecular weight is 251 g/mol. The van der Waals surface area contributed by atoms with E-state index in [9.17, 15) is 4.79 Å². The molecule has 0 atom stereocenters. The van der Waals surface area contributed by atoms with Crippen LogP contribution in [0, 0.1) is 0 Å². The summed E-state index contributed by atoms with van der Waals surface area (Å²) in [5.74, 6) is 5.48. The highest BCUT2D eigenvalue weighted by atomic mass is 16.5. The number of hydrazine groups is 1. The van der Waals surface area contributed by atoms with Crippen molar-refractivity contribution in [2.24, 2.45) is 5.84 Å². The number of rotatable bonds is 2. The molecule has 18 heavy (non-hydrogen) atoms. The highest BCUT2D eigenvalue weighted by Crippen LogP contribution is 2.20. The molecule has 0 radical (unpaired) electrons. The number of ether oxygens (including phenoxy) is 1. The molecule has 1 amide bonds. The van der Waals surface area contributed by atoms with Gasteiger partial charge in [-0.05, 0) is 13.8 Å². The predicted octanol–water partition coefficient (Wildman–Crippen LogP) is 0.0132. The van der Waals surface area contributed by atoms with E-state index in [1.165, 1.54) is 12.4 Å². The molecular weight excluding hydrogens is 234 g/mol. The zero-order chi connectivity index (χ0) is 13.2. The number of nitrogens with zero attached hydrogens (tertiary/aromatic N) is 3. The van der Waals surface area contributed by atoms with Crippen LogP contribution < -0.4 is 11.3 Å². The first-order valence-corrected chi connectivity index (χ1v) is 5.73. The molecule has 1 fully saturated rings. The second kappa shape index (κ2) is 4.87. The van der Waals surface area contributed by atoms with E-state index in [1.807, 2.05) is 13.8 Å². The van der Waals surface area contributed by atoms with Gasteiger partial charge in [-0.2, -0.15) is 0 Å². The summed E-state index contributed by atoms with van der Waals surface area (Å²) in [6.45, 7) is 5.56. The molecular formula is C11H17N5O2. The highest BCUT2D eigenvalue weighted by molar-refractivity contribution is 5.92. The number of nitrogens with one attached hydrogen (secondary N) is 1. The summed E-state index contributed by atoms with van der Waals surface area (Å²) in [5, 5.41) is 0. The molecule has 1 aliphatic rings. The van der Waals surface area contributed by atoms with Crippen LogP contribution in [0.4, 0.5) is 5.82 Å². The third-order valence-electron chi connectivity index (χ3n) is 2.91. The van der Waals surface area contributed by atoms with E-state index in [4.69, 9.17) is 10.6 Å². The molecule has 0 saturated carbocycles. The molecule has 1 aliphatic heterocycles. The molecule has 0 unspecified atom stereocenters. The van der Waals surface area contributed by atoms with Crippen molar-refractivity contribution in [1.29, 1.82) is 0 Å². The lowest BCUT2D eigenvalue weighted by Gasteiger charge is -2.41. The highest BCUT2D eigenvalue weighted by Gasteiger charge is 2.35. The zero-order valence-corrected chi connectivity index (χ0v) is 10.5. The molecule has 7 heteroatoms. The first-order chi connectivity index (χ1) is 8.54. The smallest absolute Gasteiger partial charge is 0.274 e. The quantitative estimate of drug-likeness (QED) is 0.568. The molecule has 0 bridgehead atoms. The summed E-state index contributed by atoms with van der Waals surface area (Å²) >= 11 is 0. The molecule has 0 aliphatic carbocycles. The first kappa shape index (κ1) is 12.7. The Morgan fingerprint density at radius 1 is 1.50 bits per heavy atom. The van der Waals surface area contributed by atoms with E-state index in [0.717, 1.165) is 0 Å². The second-order valence-corrected chi connectivity index (χ2v) is 4.75. The monoisotopic (exact) mass is 251 g/mol. The minimum atomic E-state index is -0.332. The Morgan fingerprint density at radius 3 is 2.83 bits per heavy atom. The molecule has 1 aromatic heterocycles. The third-order valence-corrected chi connectivity index (χ3v) is 2.91. The zero-order valence-electron chi connectivity index (χ0n) is 10.5. The van der Waals surface area contributed by atoms with Gasteiger partial charge in [0, 0.05) is 6.54 Å². The summed E-state index contributed by atoms with van der Waals surface area (Å²) in [6, 6.07) is 0. The van der Waals surface area contributed by atoms with Gasteiger partial charge in [-0.1, -0.05) is 0 Å². The van der Waals surface area contributed by atoms with Crippen LogP contribution in [0.25, 0.3) is 0 Å². The summed E-state index contributed by atoms with van der Waals surface area (Å²) in [6.07, 6.45) is 2.85. The van der Waals surface area contributed by atoms with E-state index >= 15 is 0 Å². The van der Waals surface area contributed by atoms with Crippen LogP contribution in [-0.4, -0.2) is 46.1 Å². The minimum absolute atomic E-state index is 0.139. The lowest BCUT2D eigenvalue weighted by atomic mass is 10.0. The molecule has 2 rings (SSSR count). The van der Waals surface area contributed by atoms with Gasteiger partial charge in [0.2, 0.25) is 0 Å². The maximum absolute atomic E-state index is 12.3. The summed E-state index contributed by atoms with van der Waals surface area (Å²) < 4.78 is 5.38. The SMILES string of the molecule is CC1(C)COCCN1C(=O)c1cnc(NN)cn1. The van der Waals surface area contributed by atoms with E-state index in [2.05, 4.69) is 15.4 Å². The fourth-order valence-electron chi connectivity index (χ4n) is 1.89. The Morgan fingerprint density at radius 2 is 2.28 bits per heavy atom. The average Bonchev–Trinajstić information content (AvgIpc) is 2.37. The van der Waals surface area contributed by atoms with Crippen LogP contribution in [0.5, 0.6) is 0 Å². The Balaban J connectivity index is 2.19. The van der Waals surface area contributed by atoms with Crippen LogP contribution in [0.3, 0.4) is 0 Å². The maximum atomic E-state index is 12.3. The van der Waals surface area contributed by atoms with Gasteiger partial charge >= 0.3 is 0 Å². The van der Waals surface area contributed by atoms with Crippen molar-refractivity contribution >= 4 is 11.7 Å². The van der Waals surface area contributed by atoms with Crippen molar-refractivity contribution in [3.8, 4) is 0 Å². The molecule has 3 N–H and O–H groups in total. The molecule has 0 aromatic carbocycles. The van der Waals surface area contributed by atoms with Gasteiger partial charge in [0.1, 0.15) is 5.69 Å². The fraction of sp³-hybridized carbons (Fsp3) is 0.545. The number of amides is 1. The topological polar surface area (TPSA) is 93.4 Å². The Labute approximate surface area is 105 Å². The summed E-state index contributed by atoms with van der Waals surface area (Å²) in [7, 11) is 0. The summed E-state index contributed by atoms with van der Waals surface area (Å²) in [4.78, 5) is 22.1. The van der Waals surface area contributed by atoms with Gasteiger partial charge in [0.05, 0.1) is 31.1 Å². The number of carbonyl (C=O) groups is 1. The van der Waals surface area contributed by atoms with Gasteiger partial charge in [0.25, 0.3) is 5.91 Å². The number of nitrogens with two attached hydrogens (primary N) is 1. The fourth-order valence-corrected chi connectivity index (χ4v) is 1.89. The molecule has 7 nitrogen and oxygen atoms in total. The minimum Gasteiger partial charge on any atom is -0.377 e. The maximum Gasteiger partial charge on any atom is 0.274 e. The van der Waals surface area contributed by atoms with Gasteiger partial charge < -0.3 is 15.1 Å². The number of hydrogen-bond acceptors (Lipinski definition) is 6. The van der Waals surface area contributed by atoms with Crippen molar-refractivity contribution in [1.82, 2.24) is 14.9 Å². The molecule has 1 aromatic rings. The Hall–Kier alpha value is -1.73. The van der Waals surface area contributed by atoms with Gasteiger partial charge in [-0.3, -0.25) is 4.79 Å². The number of hydrogen-bond donors (Lipinski definition) is 2. The van der Waals surface area contributed by atoms with Gasteiger partial charge in [0.15, 0.2) is 5.82 Å². The van der Waals surface area contributed by atoms with Crippen molar-refractivity contribution in [2.45, 2.75) is 19.4 Å². The number of morpholine rings is 1. The molecule has 98 valence electrons. The first-order valence-electron chi connectivity index (χ1n) is 5.73. The third kappa shape index (κ3) is 2.41. The largest absolute Gasteiger partial charge is 0.377 e. The Bertz CT molecular complexity index is 432. The second-order valence-electron chi connectivity index (χ2n) is 4.75. The van der Waals surface area contributed by atoms with E-state index in [1.54, 1.807) is 4.90 Å². The van der Waals surface area contributed by atoms with Crippen molar-refractivity contribution in [2.75, 3.05) is 25.2 Å². The van der Waals surface area contributed by atoms with Crippen molar-refractivity contribution < 1.29 is 9.53 Å². The van der Waals surface area contributed by atoms with Crippen LogP contribution in [-0.2, 0) is 4.74 Å². The van der Waals surface area contributed by atoms with E-state index in [-0.39, 0.29) is 11.4 Å². The van der Waals surface area contributed by atoms with Crippen LogP contribution in [0.2, 0.25) is 0 Å². The number of nitrogen functional groups attached to an aromatic ring is 1. The van der Waals surface area contributed by atoms with Crippen LogP contribution >= 0.6 is 0 Å². The molecule has 2 heterocycles. The normalized spacial score (nSPS) is 18.5. The molecule has 0 spiro atoms. The number of anilines is 1. The Kier molecular flexibility index (Phi) is 3.44. The number of carbonyl (C=O) groups excluding carboxylic acids is 1. The lowest BCUT2D eigenvalue weighted by molar-refractivity contribution is -0.0373. The van der Waals surface area contributed by atoms with Crippen molar-refractivity contribution in [3.63, 3.8) is 0 Å². The van der Waals surface area contributed by atoms with E-state index < -0.39 is 0 Å². The van der Waals surface area contributed by atoms with Gasteiger partial charge in [-0.25, -0.2) is 15.8 Å². The van der Waals surface area contributed by atoms with Gasteiger partial charge in [-0.15, -0.1) is 0 Å². The van der Waals surface area contributed by atoms with E-state index in [0.29, 0.717) is 31.3 Å². The molecule has 1 saturated heterocycles. The van der Waals surface area contributed by atoms with Crippen LogP contribution in [0.1, 0.15) is 24.3 Å². The van der Waals surface area contributed by atoms with Crippen LogP contribution in [0.15, 0.2) is 12.4 Å². The number of aromatic nitrogens is 2. The standard InChI is InChI=1S/C11H17N5O2/c1-11(2)7-18-4-3-16(11)10(17)8-5-14-9(15-12)6-13-8/h5-6H,3-4,7,12H2,1-2H3,(H,14,15). The van der Waals surface area contributed by atoms with Crippen molar-refractivity contribution in [3.05, 3.63) is 18.1 Å². The summed E-state index contributed by atoms with van der Waals surface area (Å²) in [5.41, 5.74) is 2.35.